The van der Waals surface area contributed by atoms with Gasteiger partial charge in [-0.05, 0) is 54.8 Å². The molecule has 16 nitrogen and oxygen atoms in total. The van der Waals surface area contributed by atoms with Crippen LogP contribution in [0.2, 0.25) is 0 Å². The summed E-state index contributed by atoms with van der Waals surface area (Å²) in [5, 5.41) is 28.8. The molecule has 1 amide bonds. The molecular weight excluding hydrogens is 874 g/mol. The van der Waals surface area contributed by atoms with Gasteiger partial charge in [-0.2, -0.15) is 0 Å². The van der Waals surface area contributed by atoms with Crippen LogP contribution >= 0.6 is 7.37 Å². The number of carbonyl (C=O) groups is 6. The van der Waals surface area contributed by atoms with Gasteiger partial charge in [0.05, 0.1) is 35.6 Å². The minimum atomic E-state index is -3.59. The van der Waals surface area contributed by atoms with E-state index < -0.39 is 120 Å². The van der Waals surface area contributed by atoms with Crippen LogP contribution in [-0.4, -0.2) is 114 Å². The number of ketones is 1. The van der Waals surface area contributed by atoms with Crippen molar-refractivity contribution in [1.29, 1.82) is 0 Å². The Morgan fingerprint density at radius 1 is 0.833 bits per heavy atom. The number of benzene rings is 3. The molecule has 7 rings (SSSR count). The Labute approximate surface area is 382 Å². The number of rotatable bonds is 12. The fraction of sp³-hybridized carbons (Fsp3) is 0.469. The van der Waals surface area contributed by atoms with Gasteiger partial charge in [-0.3, -0.25) is 23.7 Å². The lowest BCUT2D eigenvalue weighted by atomic mass is 9.44. The summed E-state index contributed by atoms with van der Waals surface area (Å²) in [6.45, 7) is 10.6. The maximum Gasteiger partial charge on any atom is 0.338 e. The lowest BCUT2D eigenvalue weighted by Gasteiger charge is -2.67. The monoisotopic (exact) mass is 929 g/mol. The van der Waals surface area contributed by atoms with Crippen LogP contribution in [0.3, 0.4) is 0 Å². The molecule has 3 fully saturated rings. The highest BCUT2D eigenvalue weighted by Crippen LogP contribution is 2.64. The molecule has 3 aliphatic carbocycles. The van der Waals surface area contributed by atoms with Gasteiger partial charge in [-0.15, -0.1) is 0 Å². The molecule has 0 radical (unpaired) electrons. The smallest absolute Gasteiger partial charge is 0.338 e. The van der Waals surface area contributed by atoms with Gasteiger partial charge in [-0.1, -0.05) is 80.6 Å². The van der Waals surface area contributed by atoms with E-state index in [1.807, 2.05) is 0 Å². The van der Waals surface area contributed by atoms with Crippen molar-refractivity contribution in [3.8, 4) is 0 Å². The summed E-state index contributed by atoms with van der Waals surface area (Å²) in [6.07, 6.45) is -10.4. The van der Waals surface area contributed by atoms with Gasteiger partial charge >= 0.3 is 23.9 Å². The molecule has 0 spiro atoms. The summed E-state index contributed by atoms with van der Waals surface area (Å²) in [5.74, 6) is -6.81. The summed E-state index contributed by atoms with van der Waals surface area (Å²) in [7, 11) is -3.59. The molecule has 352 valence electrons. The molecule has 17 heteroatoms. The van der Waals surface area contributed by atoms with Gasteiger partial charge in [0.15, 0.2) is 31.0 Å². The number of aliphatic hydroxyl groups excluding tert-OH is 1. The van der Waals surface area contributed by atoms with Crippen molar-refractivity contribution in [2.24, 2.45) is 16.7 Å². The highest BCUT2D eigenvalue weighted by atomic mass is 31.2. The Morgan fingerprint density at radius 3 is 1.94 bits per heavy atom. The van der Waals surface area contributed by atoms with E-state index in [1.165, 1.54) is 39.3 Å². The Hall–Kier alpha value is -5.51. The SMILES string of the molecule is CC(=O)O[C@H]1C(=O)[C@@]2(C)C(C(OC(=O)c3ccccc3)[C@]3(O)C[C@H](OC(=O)[C@H](OP(C)(C)=O)[C@@H](NC(=O)c4ccccc4)c4ccccc4)C(C)=C1C3(C)C)[C@]1(OC(C)=O)CO[C@@H]1C[C@@H]2O. The second kappa shape index (κ2) is 17.9. The lowest BCUT2D eigenvalue weighted by Crippen LogP contribution is -2.82. The highest BCUT2D eigenvalue weighted by molar-refractivity contribution is 7.57. The van der Waals surface area contributed by atoms with Crippen LogP contribution in [-0.2, 0) is 52.0 Å². The van der Waals surface area contributed by atoms with E-state index in [4.69, 9.17) is 28.2 Å². The van der Waals surface area contributed by atoms with Crippen LogP contribution in [0.15, 0.2) is 102 Å². The summed E-state index contributed by atoms with van der Waals surface area (Å²) in [4.78, 5) is 85.0. The van der Waals surface area contributed by atoms with Gasteiger partial charge in [-0.25, -0.2) is 9.59 Å². The van der Waals surface area contributed by atoms with Crippen molar-refractivity contribution >= 4 is 42.9 Å². The molecule has 2 unspecified atom stereocenters. The highest BCUT2D eigenvalue weighted by Gasteiger charge is 2.78. The molecule has 3 N–H and O–H groups in total. The molecular formula is C49H56NO15P. The first kappa shape index (κ1) is 48.4. The first-order chi connectivity index (χ1) is 31.0. The first-order valence-electron chi connectivity index (χ1n) is 21.7. The molecule has 1 saturated heterocycles. The van der Waals surface area contributed by atoms with E-state index in [1.54, 1.807) is 92.7 Å². The van der Waals surface area contributed by atoms with E-state index in [9.17, 15) is 34.0 Å². The Morgan fingerprint density at radius 2 is 1.41 bits per heavy atom. The predicted octanol–water partition coefficient (Wildman–Crippen LogP) is 5.30. The number of Topliss-reactive ketones (excluding diaryl/α,β-unsaturated/α-hetero) is 1. The lowest BCUT2D eigenvalue weighted by molar-refractivity contribution is -0.346. The number of carbonyl (C=O) groups excluding carboxylic acids is 6. The zero-order chi connectivity index (χ0) is 48.1. The van der Waals surface area contributed by atoms with Crippen LogP contribution in [0.1, 0.15) is 86.7 Å². The Kier molecular flexibility index (Phi) is 13.2. The molecule has 3 aromatic rings. The quantitative estimate of drug-likeness (QED) is 0.0907. The fourth-order valence-electron chi connectivity index (χ4n) is 10.5. The standard InChI is InChI=1S/C49H56NO15P/c1-27-33(62-45(57)39(65-66(7,8)59)37(30-18-12-9-13-19-30)50-43(55)31-20-14-10-15-21-31)25-49(58)42(63-44(56)32-22-16-11-17-23-32)40-47(6,34(53)24-35-48(40,26-60-35)64-29(3)52)41(54)38(61-28(2)51)36(27)46(49,4)5/h9-23,33-35,37-40,42,53,58H,24-26H2,1-8H3,(H,50,55)/t33-,34-,35+,37-,38+,39+,40?,42?,47+,48-,49+/m0/s1. The molecule has 66 heavy (non-hydrogen) atoms. The molecule has 1 aliphatic heterocycles. The second-order valence-electron chi connectivity index (χ2n) is 18.7. The molecule has 1 heterocycles. The van der Waals surface area contributed by atoms with Crippen LogP contribution in [0, 0.1) is 16.7 Å². The number of ether oxygens (including phenoxy) is 5. The molecule has 11 atom stereocenters. The normalized spacial score (nSPS) is 30.9. The molecule has 3 aromatic carbocycles. The van der Waals surface area contributed by atoms with E-state index in [-0.39, 0.29) is 35.3 Å². The maximum atomic E-state index is 15.6. The molecule has 2 bridgehead atoms. The first-order valence-corrected chi connectivity index (χ1v) is 24.2. The van der Waals surface area contributed by atoms with Crippen molar-refractivity contribution in [1.82, 2.24) is 5.32 Å². The third-order valence-electron chi connectivity index (χ3n) is 13.8. The number of hydrogen-bond donors (Lipinski definition) is 3. The largest absolute Gasteiger partial charge is 0.456 e. The second-order valence-corrected chi connectivity index (χ2v) is 21.4. The van der Waals surface area contributed by atoms with Crippen molar-refractivity contribution in [2.75, 3.05) is 19.9 Å². The summed E-state index contributed by atoms with van der Waals surface area (Å²) in [5.41, 5.74) is -7.13. The minimum Gasteiger partial charge on any atom is -0.456 e. The Bertz CT molecular complexity index is 2470. The summed E-state index contributed by atoms with van der Waals surface area (Å²) >= 11 is 0. The van der Waals surface area contributed by atoms with Crippen molar-refractivity contribution in [2.45, 2.75) is 108 Å². The predicted molar refractivity (Wildman–Crippen MR) is 236 cm³/mol. The number of hydrogen-bond acceptors (Lipinski definition) is 15. The topological polar surface area (TPSA) is 227 Å². The number of esters is 4. The van der Waals surface area contributed by atoms with Crippen molar-refractivity contribution < 1.29 is 71.8 Å². The fourth-order valence-corrected chi connectivity index (χ4v) is 11.3. The van der Waals surface area contributed by atoms with Crippen LogP contribution in [0.4, 0.5) is 0 Å². The minimum absolute atomic E-state index is 0.0125. The summed E-state index contributed by atoms with van der Waals surface area (Å²) < 4.78 is 50.3. The summed E-state index contributed by atoms with van der Waals surface area (Å²) in [6, 6.07) is 23.1. The van der Waals surface area contributed by atoms with Crippen LogP contribution in [0.25, 0.3) is 0 Å². The molecule has 4 aliphatic rings. The van der Waals surface area contributed by atoms with Crippen molar-refractivity contribution in [3.05, 3.63) is 119 Å². The third kappa shape index (κ3) is 8.54. The van der Waals surface area contributed by atoms with Gasteiger partial charge in [0.25, 0.3) is 5.91 Å². The van der Waals surface area contributed by atoms with Gasteiger partial charge in [0.2, 0.25) is 0 Å². The number of nitrogens with one attached hydrogen (secondary N) is 1. The molecule has 2 saturated carbocycles. The number of amides is 1. The van der Waals surface area contributed by atoms with Gasteiger partial charge in [0, 0.05) is 51.0 Å². The van der Waals surface area contributed by atoms with Gasteiger partial charge in [0.1, 0.15) is 23.9 Å². The zero-order valence-corrected chi connectivity index (χ0v) is 38.9. The van der Waals surface area contributed by atoms with Crippen LogP contribution in [0.5, 0.6) is 0 Å². The van der Waals surface area contributed by atoms with E-state index in [0.29, 0.717) is 5.56 Å². The number of aliphatic hydroxyl groups is 2. The zero-order valence-electron chi connectivity index (χ0n) is 38.0. The maximum absolute atomic E-state index is 15.6. The van der Waals surface area contributed by atoms with E-state index in [0.717, 1.165) is 13.8 Å². The van der Waals surface area contributed by atoms with Gasteiger partial charge < -0.3 is 43.7 Å². The van der Waals surface area contributed by atoms with Crippen molar-refractivity contribution in [3.63, 3.8) is 0 Å². The number of fused-ring (bicyclic) bond motifs is 5. The van der Waals surface area contributed by atoms with E-state index in [2.05, 4.69) is 5.32 Å². The van der Waals surface area contributed by atoms with Crippen LogP contribution < -0.4 is 5.32 Å². The third-order valence-corrected chi connectivity index (χ3v) is 14.6. The molecule has 0 aromatic heterocycles. The average molecular weight is 930 g/mol. The average Bonchev–Trinajstić information content (AvgIpc) is 3.26. The Balaban J connectivity index is 1.43. The van der Waals surface area contributed by atoms with E-state index >= 15 is 9.59 Å².